The number of esters is 1. The summed E-state index contributed by atoms with van der Waals surface area (Å²) in [6.45, 7) is 0.540. The first-order valence-corrected chi connectivity index (χ1v) is 10.4. The van der Waals surface area contributed by atoms with Crippen molar-refractivity contribution in [1.82, 2.24) is 9.55 Å². The number of benzene rings is 2. The molecule has 1 heterocycles. The number of methoxy groups -OCH3 is 1. The van der Waals surface area contributed by atoms with Gasteiger partial charge in [0.2, 0.25) is 6.41 Å². The first kappa shape index (κ1) is 22.6. The fourth-order valence-corrected chi connectivity index (χ4v) is 3.65. The van der Waals surface area contributed by atoms with Gasteiger partial charge >= 0.3 is 12.1 Å². The molecule has 0 atom stereocenters. The number of ether oxygens (including phenoxy) is 1. The van der Waals surface area contributed by atoms with Crippen LogP contribution < -0.4 is 4.90 Å². The maximum absolute atomic E-state index is 12.9. The van der Waals surface area contributed by atoms with E-state index in [0.29, 0.717) is 29.9 Å². The Morgan fingerprint density at radius 3 is 2.30 bits per heavy atom. The lowest BCUT2D eigenvalue weighted by Crippen LogP contribution is -2.24. The number of hydrogen-bond acceptors (Lipinski definition) is 4. The molecule has 0 radical (unpaired) electrons. The van der Waals surface area contributed by atoms with Gasteiger partial charge in [-0.1, -0.05) is 24.3 Å². The van der Waals surface area contributed by atoms with Crippen molar-refractivity contribution in [2.24, 2.45) is 0 Å². The summed E-state index contributed by atoms with van der Waals surface area (Å²) in [4.78, 5) is 29.6. The van der Waals surface area contributed by atoms with Crippen LogP contribution in [0.3, 0.4) is 0 Å². The molecule has 6 nitrogen and oxygen atoms in total. The number of amides is 1. The van der Waals surface area contributed by atoms with Crippen LogP contribution in [0.25, 0.3) is 0 Å². The third-order valence-corrected chi connectivity index (χ3v) is 5.58. The Bertz CT molecular complexity index is 1130. The minimum atomic E-state index is -4.39. The zero-order valence-electron chi connectivity index (χ0n) is 17.9. The van der Waals surface area contributed by atoms with E-state index in [1.54, 1.807) is 30.5 Å². The Kier molecular flexibility index (Phi) is 6.22. The highest BCUT2D eigenvalue weighted by Crippen LogP contribution is 2.41. The van der Waals surface area contributed by atoms with Gasteiger partial charge in [0.1, 0.15) is 11.6 Å². The molecule has 1 aliphatic carbocycles. The van der Waals surface area contributed by atoms with Crippen molar-refractivity contribution in [2.45, 2.75) is 38.0 Å². The van der Waals surface area contributed by atoms with Crippen molar-refractivity contribution in [1.29, 1.82) is 0 Å². The smallest absolute Gasteiger partial charge is 0.416 e. The Hall–Kier alpha value is -3.62. The summed E-state index contributed by atoms with van der Waals surface area (Å²) < 4.78 is 45.3. The number of halogens is 3. The standard InChI is InChI=1S/C24H22F3N3O3/c1-33-23(32)19-6-2-16(3-7-19)13-29(15-31)21-12-28-22(18-8-9-18)30(21)14-17-4-10-20(11-5-17)24(25,26)27/h2-7,10-12,15,18H,8-9,13-14H2,1H3. The monoisotopic (exact) mass is 457 g/mol. The van der Waals surface area contributed by atoms with Crippen LogP contribution in [0.2, 0.25) is 0 Å². The van der Waals surface area contributed by atoms with Crippen molar-refractivity contribution in [2.75, 3.05) is 12.0 Å². The number of carbonyl (C=O) groups is 2. The second-order valence-electron chi connectivity index (χ2n) is 7.95. The normalized spacial score (nSPS) is 13.6. The quantitative estimate of drug-likeness (QED) is 0.361. The Morgan fingerprint density at radius 1 is 1.12 bits per heavy atom. The van der Waals surface area contributed by atoms with Crippen LogP contribution >= 0.6 is 0 Å². The second-order valence-corrected chi connectivity index (χ2v) is 7.95. The first-order valence-electron chi connectivity index (χ1n) is 10.4. The summed E-state index contributed by atoms with van der Waals surface area (Å²) in [5.41, 5.74) is 1.18. The number of rotatable bonds is 8. The highest BCUT2D eigenvalue weighted by molar-refractivity contribution is 5.89. The lowest BCUT2D eigenvalue weighted by molar-refractivity contribution is -0.137. The minimum Gasteiger partial charge on any atom is -0.465 e. The number of alkyl halides is 3. The van der Waals surface area contributed by atoms with E-state index in [1.165, 1.54) is 24.1 Å². The lowest BCUT2D eigenvalue weighted by Gasteiger charge is -2.21. The van der Waals surface area contributed by atoms with Crippen LogP contribution in [-0.4, -0.2) is 29.0 Å². The molecule has 2 aromatic carbocycles. The molecule has 1 fully saturated rings. The third-order valence-electron chi connectivity index (χ3n) is 5.58. The van der Waals surface area contributed by atoms with Crippen molar-refractivity contribution in [3.8, 4) is 0 Å². The van der Waals surface area contributed by atoms with Gasteiger partial charge in [0, 0.05) is 5.92 Å². The third kappa shape index (κ3) is 5.08. The summed E-state index contributed by atoms with van der Waals surface area (Å²) >= 11 is 0. The van der Waals surface area contributed by atoms with E-state index in [2.05, 4.69) is 4.98 Å². The molecule has 0 spiro atoms. The number of imidazole rings is 1. The largest absolute Gasteiger partial charge is 0.465 e. The van der Waals surface area contributed by atoms with E-state index in [-0.39, 0.29) is 12.5 Å². The maximum atomic E-state index is 12.9. The summed E-state index contributed by atoms with van der Waals surface area (Å²) in [5, 5.41) is 0. The summed E-state index contributed by atoms with van der Waals surface area (Å²) in [6, 6.07) is 11.7. The molecule has 1 aliphatic rings. The van der Waals surface area contributed by atoms with E-state index in [0.717, 1.165) is 36.4 Å². The van der Waals surface area contributed by atoms with Crippen LogP contribution in [-0.2, 0) is 28.8 Å². The first-order chi connectivity index (χ1) is 15.8. The van der Waals surface area contributed by atoms with Gasteiger partial charge in [-0.2, -0.15) is 13.2 Å². The molecule has 1 aromatic heterocycles. The Morgan fingerprint density at radius 2 is 1.76 bits per heavy atom. The van der Waals surface area contributed by atoms with Crippen molar-refractivity contribution in [3.05, 3.63) is 82.8 Å². The number of carbonyl (C=O) groups excluding carboxylic acids is 2. The fourth-order valence-electron chi connectivity index (χ4n) is 3.65. The zero-order chi connectivity index (χ0) is 23.6. The molecule has 0 N–H and O–H groups in total. The highest BCUT2D eigenvalue weighted by atomic mass is 19.4. The SMILES string of the molecule is COC(=O)c1ccc(CN(C=O)c2cnc(C3CC3)n2Cc2ccc(C(F)(F)F)cc2)cc1. The molecule has 0 saturated heterocycles. The van der Waals surface area contributed by atoms with Gasteiger partial charge in [0.05, 0.1) is 37.5 Å². The number of aromatic nitrogens is 2. The predicted octanol–water partition coefficient (Wildman–Crippen LogP) is 4.78. The molecule has 4 rings (SSSR count). The van der Waals surface area contributed by atoms with Gasteiger partial charge in [-0.15, -0.1) is 0 Å². The molecular formula is C24H22F3N3O3. The zero-order valence-corrected chi connectivity index (χ0v) is 17.9. The van der Waals surface area contributed by atoms with Gasteiger partial charge < -0.3 is 9.30 Å². The van der Waals surface area contributed by atoms with Gasteiger partial charge in [0.15, 0.2) is 0 Å². The molecule has 3 aromatic rings. The van der Waals surface area contributed by atoms with E-state index in [4.69, 9.17) is 4.74 Å². The number of nitrogens with zero attached hydrogens (tertiary/aromatic N) is 3. The molecule has 1 amide bonds. The summed E-state index contributed by atoms with van der Waals surface area (Å²) in [6.07, 6.45) is -0.102. The predicted molar refractivity (Wildman–Crippen MR) is 115 cm³/mol. The van der Waals surface area contributed by atoms with E-state index in [1.807, 2.05) is 4.57 Å². The van der Waals surface area contributed by atoms with Crippen LogP contribution in [0.15, 0.2) is 54.7 Å². The maximum Gasteiger partial charge on any atom is 0.416 e. The molecule has 0 bridgehead atoms. The second kappa shape index (κ2) is 9.09. The van der Waals surface area contributed by atoms with Crippen LogP contribution in [0, 0.1) is 0 Å². The van der Waals surface area contributed by atoms with Crippen LogP contribution in [0.4, 0.5) is 19.0 Å². The molecule has 0 unspecified atom stereocenters. The van der Waals surface area contributed by atoms with E-state index < -0.39 is 17.7 Å². The molecule has 172 valence electrons. The van der Waals surface area contributed by atoms with Gasteiger partial charge in [-0.25, -0.2) is 9.78 Å². The Labute approximate surface area is 188 Å². The van der Waals surface area contributed by atoms with Gasteiger partial charge in [-0.05, 0) is 48.2 Å². The fraction of sp³-hybridized carbons (Fsp3) is 0.292. The van der Waals surface area contributed by atoms with Gasteiger partial charge in [-0.3, -0.25) is 9.69 Å². The highest BCUT2D eigenvalue weighted by Gasteiger charge is 2.32. The summed E-state index contributed by atoms with van der Waals surface area (Å²) in [5.74, 6) is 1.21. The minimum absolute atomic E-state index is 0.244. The summed E-state index contributed by atoms with van der Waals surface area (Å²) in [7, 11) is 1.31. The number of hydrogen-bond donors (Lipinski definition) is 0. The lowest BCUT2D eigenvalue weighted by atomic mass is 10.1. The van der Waals surface area contributed by atoms with Crippen molar-refractivity contribution >= 4 is 18.2 Å². The van der Waals surface area contributed by atoms with Crippen LogP contribution in [0.5, 0.6) is 0 Å². The van der Waals surface area contributed by atoms with Crippen molar-refractivity contribution in [3.63, 3.8) is 0 Å². The van der Waals surface area contributed by atoms with Crippen molar-refractivity contribution < 1.29 is 27.5 Å². The topological polar surface area (TPSA) is 64.4 Å². The molecule has 1 saturated carbocycles. The molecule has 9 heteroatoms. The average Bonchev–Trinajstić information content (AvgIpc) is 3.58. The van der Waals surface area contributed by atoms with Crippen LogP contribution in [0.1, 0.15) is 51.6 Å². The molecular weight excluding hydrogens is 435 g/mol. The average molecular weight is 457 g/mol. The molecule has 33 heavy (non-hydrogen) atoms. The van der Waals surface area contributed by atoms with E-state index >= 15 is 0 Å². The van der Waals surface area contributed by atoms with E-state index in [9.17, 15) is 22.8 Å². The number of anilines is 1. The Balaban J connectivity index is 1.59. The van der Waals surface area contributed by atoms with Gasteiger partial charge in [0.25, 0.3) is 0 Å². The molecule has 0 aliphatic heterocycles.